The number of nitrogens with two attached hydrogens (primary N) is 1. The molecule has 4 N–H and O–H groups in total. The number of rotatable bonds is 5. The van der Waals surface area contributed by atoms with Crippen LogP contribution < -0.4 is 16.4 Å². The lowest BCUT2D eigenvalue weighted by atomic mass is 9.88. The van der Waals surface area contributed by atoms with Crippen LogP contribution in [0.15, 0.2) is 0 Å². The molecule has 1 spiro atoms. The molecule has 0 aromatic carbocycles. The first-order valence-corrected chi connectivity index (χ1v) is 6.32. The highest BCUT2D eigenvalue weighted by Crippen LogP contribution is 2.26. The van der Waals surface area contributed by atoms with Gasteiger partial charge in [-0.3, -0.25) is 9.69 Å². The van der Waals surface area contributed by atoms with Crippen molar-refractivity contribution < 1.29 is 14.3 Å². The fraction of sp³-hybridized carbons (Fsp3) is 0.818. The van der Waals surface area contributed by atoms with E-state index in [0.29, 0.717) is 39.1 Å². The summed E-state index contributed by atoms with van der Waals surface area (Å²) < 4.78 is 5.21. The third kappa shape index (κ3) is 2.47. The highest BCUT2D eigenvalue weighted by atomic mass is 16.5. The van der Waals surface area contributed by atoms with Gasteiger partial charge in [0, 0.05) is 6.54 Å². The van der Waals surface area contributed by atoms with E-state index in [2.05, 4.69) is 10.6 Å². The second-order valence-corrected chi connectivity index (χ2v) is 4.62. The Kier molecular flexibility index (Phi) is 4.15. The molecule has 102 valence electrons. The van der Waals surface area contributed by atoms with Gasteiger partial charge in [-0.25, -0.2) is 4.79 Å². The monoisotopic (exact) mass is 256 g/mol. The van der Waals surface area contributed by atoms with Crippen LogP contribution >= 0.6 is 0 Å². The molecule has 2 heterocycles. The lowest BCUT2D eigenvalue weighted by Crippen LogP contribution is -2.54. The topological polar surface area (TPSA) is 96.7 Å². The zero-order valence-electron chi connectivity index (χ0n) is 10.4. The molecule has 0 aromatic heterocycles. The summed E-state index contributed by atoms with van der Waals surface area (Å²) in [7, 11) is 0. The Hall–Kier alpha value is -1.18. The van der Waals surface area contributed by atoms with Crippen LogP contribution in [0.25, 0.3) is 0 Å². The van der Waals surface area contributed by atoms with Gasteiger partial charge in [-0.05, 0) is 25.9 Å². The van der Waals surface area contributed by atoms with Gasteiger partial charge in [-0.15, -0.1) is 0 Å². The van der Waals surface area contributed by atoms with E-state index in [-0.39, 0.29) is 11.9 Å². The predicted molar refractivity (Wildman–Crippen MR) is 65.0 cm³/mol. The number of urea groups is 1. The van der Waals surface area contributed by atoms with E-state index in [1.807, 2.05) is 0 Å². The average molecular weight is 256 g/mol. The standard InChI is InChI=1S/C11H20N4O3/c12-3-7-18-8-6-15-9(16)11(14-10(15)17)1-4-13-5-2-11/h13H,1-8,12H2,(H,14,17). The van der Waals surface area contributed by atoms with E-state index in [0.717, 1.165) is 13.1 Å². The molecule has 0 aromatic rings. The largest absolute Gasteiger partial charge is 0.378 e. The fourth-order valence-electron chi connectivity index (χ4n) is 2.41. The molecule has 2 fully saturated rings. The number of nitrogens with one attached hydrogen (secondary N) is 2. The van der Waals surface area contributed by atoms with Crippen LogP contribution in [0.4, 0.5) is 4.79 Å². The van der Waals surface area contributed by atoms with Crippen LogP contribution in [0.3, 0.4) is 0 Å². The molecule has 0 aliphatic carbocycles. The summed E-state index contributed by atoms with van der Waals surface area (Å²) in [5.41, 5.74) is 4.61. The van der Waals surface area contributed by atoms with Crippen molar-refractivity contribution in [1.82, 2.24) is 15.5 Å². The molecule has 0 atom stereocenters. The molecule has 2 aliphatic rings. The highest BCUT2D eigenvalue weighted by Gasteiger charge is 2.51. The molecular weight excluding hydrogens is 236 g/mol. The van der Waals surface area contributed by atoms with Crippen molar-refractivity contribution in [2.45, 2.75) is 18.4 Å². The van der Waals surface area contributed by atoms with Gasteiger partial charge in [-0.2, -0.15) is 0 Å². The molecule has 3 amide bonds. The molecule has 18 heavy (non-hydrogen) atoms. The van der Waals surface area contributed by atoms with Gasteiger partial charge >= 0.3 is 6.03 Å². The molecule has 0 bridgehead atoms. The number of amides is 3. The zero-order valence-corrected chi connectivity index (χ0v) is 10.4. The Morgan fingerprint density at radius 3 is 2.67 bits per heavy atom. The number of nitrogens with zero attached hydrogens (tertiary/aromatic N) is 1. The number of carbonyl (C=O) groups is 2. The van der Waals surface area contributed by atoms with Gasteiger partial charge in [0.05, 0.1) is 19.8 Å². The van der Waals surface area contributed by atoms with Crippen molar-refractivity contribution in [1.29, 1.82) is 0 Å². The minimum Gasteiger partial charge on any atom is -0.378 e. The fourth-order valence-corrected chi connectivity index (χ4v) is 2.41. The van der Waals surface area contributed by atoms with Crippen LogP contribution in [-0.4, -0.2) is 61.8 Å². The van der Waals surface area contributed by atoms with E-state index in [9.17, 15) is 9.59 Å². The molecule has 2 saturated heterocycles. The first-order chi connectivity index (χ1) is 8.69. The van der Waals surface area contributed by atoms with Crippen molar-refractivity contribution >= 4 is 11.9 Å². The summed E-state index contributed by atoms with van der Waals surface area (Å²) in [6.45, 7) is 3.02. The van der Waals surface area contributed by atoms with Gasteiger partial charge < -0.3 is 21.1 Å². The summed E-state index contributed by atoms with van der Waals surface area (Å²) in [5, 5.41) is 6.01. The third-order valence-corrected chi connectivity index (χ3v) is 3.42. The average Bonchev–Trinajstić information content (AvgIpc) is 2.59. The predicted octanol–water partition coefficient (Wildman–Crippen LogP) is -1.36. The van der Waals surface area contributed by atoms with Crippen molar-refractivity contribution in [3.63, 3.8) is 0 Å². The van der Waals surface area contributed by atoms with Gasteiger partial charge in [-0.1, -0.05) is 0 Å². The molecule has 0 radical (unpaired) electrons. The maximum absolute atomic E-state index is 12.3. The van der Waals surface area contributed by atoms with E-state index < -0.39 is 5.54 Å². The quantitative estimate of drug-likeness (QED) is 0.417. The van der Waals surface area contributed by atoms with Crippen LogP contribution in [0.1, 0.15) is 12.8 Å². The van der Waals surface area contributed by atoms with Crippen LogP contribution in [0, 0.1) is 0 Å². The van der Waals surface area contributed by atoms with E-state index in [1.165, 1.54) is 4.90 Å². The Morgan fingerprint density at radius 2 is 2.00 bits per heavy atom. The first-order valence-electron chi connectivity index (χ1n) is 6.32. The lowest BCUT2D eigenvalue weighted by Gasteiger charge is -2.31. The molecule has 2 rings (SSSR count). The summed E-state index contributed by atoms with van der Waals surface area (Å²) in [6, 6.07) is -0.307. The van der Waals surface area contributed by atoms with Gasteiger partial charge in [0.1, 0.15) is 5.54 Å². The number of ether oxygens (including phenoxy) is 1. The normalized spacial score (nSPS) is 22.6. The van der Waals surface area contributed by atoms with E-state index >= 15 is 0 Å². The zero-order chi connectivity index (χ0) is 13.0. The number of hydrogen-bond donors (Lipinski definition) is 3. The molecule has 7 heteroatoms. The summed E-state index contributed by atoms with van der Waals surface area (Å²) in [5.74, 6) is -0.120. The number of carbonyl (C=O) groups excluding carboxylic acids is 2. The molecule has 7 nitrogen and oxygen atoms in total. The Bertz CT molecular complexity index is 328. The van der Waals surface area contributed by atoms with Crippen molar-refractivity contribution in [2.24, 2.45) is 5.73 Å². The number of piperidine rings is 1. The lowest BCUT2D eigenvalue weighted by molar-refractivity contribution is -0.132. The SMILES string of the molecule is NCCOCCN1C(=O)NC2(CCNCC2)C1=O. The van der Waals surface area contributed by atoms with Crippen LogP contribution in [0.5, 0.6) is 0 Å². The Labute approximate surface area is 106 Å². The summed E-state index contributed by atoms with van der Waals surface area (Å²) in [6.07, 6.45) is 1.30. The smallest absolute Gasteiger partial charge is 0.325 e. The van der Waals surface area contributed by atoms with Crippen LogP contribution in [-0.2, 0) is 9.53 Å². The molecular formula is C11H20N4O3. The van der Waals surface area contributed by atoms with Gasteiger partial charge in [0.2, 0.25) is 0 Å². The highest BCUT2D eigenvalue weighted by molar-refractivity contribution is 6.07. The first kappa shape index (κ1) is 13.3. The molecule has 2 aliphatic heterocycles. The second kappa shape index (κ2) is 5.64. The summed E-state index contributed by atoms with van der Waals surface area (Å²) in [4.78, 5) is 25.4. The van der Waals surface area contributed by atoms with Crippen LogP contribution in [0.2, 0.25) is 0 Å². The second-order valence-electron chi connectivity index (χ2n) is 4.62. The summed E-state index contributed by atoms with van der Waals surface area (Å²) >= 11 is 0. The van der Waals surface area contributed by atoms with Gasteiger partial charge in [0.15, 0.2) is 0 Å². The maximum atomic E-state index is 12.3. The van der Waals surface area contributed by atoms with Gasteiger partial charge in [0.25, 0.3) is 5.91 Å². The number of imide groups is 1. The molecule has 0 saturated carbocycles. The Balaban J connectivity index is 1.92. The minimum atomic E-state index is -0.684. The molecule has 0 unspecified atom stereocenters. The third-order valence-electron chi connectivity index (χ3n) is 3.42. The van der Waals surface area contributed by atoms with E-state index in [1.54, 1.807) is 0 Å². The van der Waals surface area contributed by atoms with Crippen molar-refractivity contribution in [2.75, 3.05) is 39.4 Å². The number of hydrogen-bond acceptors (Lipinski definition) is 5. The van der Waals surface area contributed by atoms with Crippen molar-refractivity contribution in [3.8, 4) is 0 Å². The van der Waals surface area contributed by atoms with E-state index in [4.69, 9.17) is 10.5 Å². The maximum Gasteiger partial charge on any atom is 0.325 e. The van der Waals surface area contributed by atoms with Crippen molar-refractivity contribution in [3.05, 3.63) is 0 Å². The minimum absolute atomic E-state index is 0.120. The Morgan fingerprint density at radius 1 is 1.28 bits per heavy atom.